The fourth-order valence-corrected chi connectivity index (χ4v) is 5.42. The van der Waals surface area contributed by atoms with Gasteiger partial charge in [-0.25, -0.2) is 8.42 Å². The number of nitrogens with one attached hydrogen (secondary N) is 1. The molecule has 2 aromatic rings. The van der Waals surface area contributed by atoms with Gasteiger partial charge >= 0.3 is 0 Å². The molecule has 0 aliphatic carbocycles. The molecule has 1 saturated heterocycles. The number of carbonyl (C=O) groups excluding carboxylic acids is 1. The summed E-state index contributed by atoms with van der Waals surface area (Å²) < 4.78 is 32.5. The molecule has 2 aromatic carbocycles. The number of hydrogen-bond donors (Lipinski definition) is 1. The summed E-state index contributed by atoms with van der Waals surface area (Å²) >= 11 is 6.24. The molecule has 0 aromatic heterocycles. The fraction of sp³-hybridized carbons (Fsp3) is 0.435. The molecule has 0 spiro atoms. The van der Waals surface area contributed by atoms with Crippen LogP contribution < -0.4 is 10.1 Å². The highest BCUT2D eigenvalue weighted by Crippen LogP contribution is 2.29. The van der Waals surface area contributed by atoms with Crippen LogP contribution >= 0.6 is 11.6 Å². The van der Waals surface area contributed by atoms with E-state index in [-0.39, 0.29) is 34.2 Å². The molecular weight excluding hydrogens is 436 g/mol. The average molecular weight is 465 g/mol. The lowest BCUT2D eigenvalue weighted by Crippen LogP contribution is -2.36. The van der Waals surface area contributed by atoms with Crippen LogP contribution in [0.5, 0.6) is 5.75 Å². The highest BCUT2D eigenvalue weighted by atomic mass is 35.5. The van der Waals surface area contributed by atoms with Crippen LogP contribution in [0.15, 0.2) is 53.4 Å². The summed E-state index contributed by atoms with van der Waals surface area (Å²) in [5.41, 5.74) is 1.23. The first-order valence-corrected chi connectivity index (χ1v) is 12.4. The molecule has 1 heterocycles. The first kappa shape index (κ1) is 23.6. The molecule has 1 N–H and O–H groups in total. The van der Waals surface area contributed by atoms with Crippen molar-refractivity contribution in [3.8, 4) is 5.75 Å². The van der Waals surface area contributed by atoms with E-state index in [0.29, 0.717) is 13.1 Å². The van der Waals surface area contributed by atoms with Crippen molar-refractivity contribution in [2.75, 3.05) is 19.7 Å². The summed E-state index contributed by atoms with van der Waals surface area (Å²) in [6.45, 7) is 2.82. The number of halogens is 1. The van der Waals surface area contributed by atoms with Gasteiger partial charge in [0.15, 0.2) is 6.61 Å². The summed E-state index contributed by atoms with van der Waals surface area (Å²) in [7, 11) is -3.56. The van der Waals surface area contributed by atoms with E-state index in [0.717, 1.165) is 32.1 Å². The van der Waals surface area contributed by atoms with Crippen molar-refractivity contribution in [1.29, 1.82) is 0 Å². The molecule has 1 aliphatic rings. The third-order valence-electron chi connectivity index (χ3n) is 5.33. The highest BCUT2D eigenvalue weighted by molar-refractivity contribution is 7.89. The monoisotopic (exact) mass is 464 g/mol. The van der Waals surface area contributed by atoms with Gasteiger partial charge < -0.3 is 10.1 Å². The summed E-state index contributed by atoms with van der Waals surface area (Å²) in [5, 5.41) is 3.08. The van der Waals surface area contributed by atoms with Crippen LogP contribution in [-0.4, -0.2) is 44.4 Å². The Bertz CT molecular complexity index is 976. The Morgan fingerprint density at radius 1 is 1.13 bits per heavy atom. The quantitative estimate of drug-likeness (QED) is 0.607. The van der Waals surface area contributed by atoms with Gasteiger partial charge in [-0.3, -0.25) is 4.79 Å². The van der Waals surface area contributed by atoms with Crippen LogP contribution in [0, 0.1) is 0 Å². The minimum Gasteiger partial charge on any atom is -0.482 e. The van der Waals surface area contributed by atoms with Crippen LogP contribution in [0.25, 0.3) is 0 Å². The largest absolute Gasteiger partial charge is 0.482 e. The maximum Gasteiger partial charge on any atom is 0.258 e. The van der Waals surface area contributed by atoms with Gasteiger partial charge in [-0.05, 0) is 56.4 Å². The molecule has 0 radical (unpaired) electrons. The maximum atomic E-state index is 12.8. The van der Waals surface area contributed by atoms with E-state index in [1.54, 1.807) is 0 Å². The van der Waals surface area contributed by atoms with E-state index < -0.39 is 10.0 Å². The number of benzene rings is 2. The summed E-state index contributed by atoms with van der Waals surface area (Å²) in [6, 6.07) is 14.5. The average Bonchev–Trinajstić information content (AvgIpc) is 2.78. The molecule has 1 amide bonds. The van der Waals surface area contributed by atoms with Crippen LogP contribution in [0.2, 0.25) is 5.02 Å². The van der Waals surface area contributed by atoms with Gasteiger partial charge in [-0.1, -0.05) is 48.4 Å². The van der Waals surface area contributed by atoms with Crippen molar-refractivity contribution in [3.63, 3.8) is 0 Å². The number of amides is 1. The maximum absolute atomic E-state index is 12.8. The second kappa shape index (κ2) is 11.0. The normalized spacial score (nSPS) is 15.9. The zero-order valence-electron chi connectivity index (χ0n) is 17.7. The van der Waals surface area contributed by atoms with Gasteiger partial charge in [-0.15, -0.1) is 0 Å². The SMILES string of the molecule is C[C@H](CCc1ccccc1)NC(=O)COc1ccc(S(=O)(=O)N2CCCCC2)cc1Cl. The van der Waals surface area contributed by atoms with Gasteiger partial charge in [0.1, 0.15) is 5.75 Å². The smallest absolute Gasteiger partial charge is 0.258 e. The number of sulfonamides is 1. The Kier molecular flexibility index (Phi) is 8.35. The number of rotatable bonds is 9. The van der Waals surface area contributed by atoms with Crippen molar-refractivity contribution in [1.82, 2.24) is 9.62 Å². The Labute approximate surface area is 189 Å². The molecule has 6 nitrogen and oxygen atoms in total. The van der Waals surface area contributed by atoms with E-state index in [9.17, 15) is 13.2 Å². The molecule has 168 valence electrons. The Morgan fingerprint density at radius 2 is 1.84 bits per heavy atom. The zero-order valence-corrected chi connectivity index (χ0v) is 19.3. The first-order chi connectivity index (χ1) is 14.9. The Hall–Kier alpha value is -2.09. The summed E-state index contributed by atoms with van der Waals surface area (Å²) in [5.74, 6) is 0.0352. The van der Waals surface area contributed by atoms with Gasteiger partial charge in [0.2, 0.25) is 10.0 Å². The molecule has 0 saturated carbocycles. The van der Waals surface area contributed by atoms with Gasteiger partial charge in [-0.2, -0.15) is 4.31 Å². The molecular formula is C23H29ClN2O4S. The molecule has 0 bridgehead atoms. The van der Waals surface area contributed by atoms with Crippen molar-refractivity contribution >= 4 is 27.5 Å². The van der Waals surface area contributed by atoms with Gasteiger partial charge in [0.25, 0.3) is 5.91 Å². The molecule has 1 aliphatic heterocycles. The molecule has 1 fully saturated rings. The lowest BCUT2D eigenvalue weighted by atomic mass is 10.1. The zero-order chi connectivity index (χ0) is 22.3. The van der Waals surface area contributed by atoms with E-state index in [4.69, 9.17) is 16.3 Å². The van der Waals surface area contributed by atoms with Gasteiger partial charge in [0, 0.05) is 19.1 Å². The molecule has 31 heavy (non-hydrogen) atoms. The van der Waals surface area contributed by atoms with Crippen LogP contribution in [0.1, 0.15) is 38.2 Å². The molecule has 1 atom stereocenters. The third-order valence-corrected chi connectivity index (χ3v) is 7.52. The summed E-state index contributed by atoms with van der Waals surface area (Å²) in [4.78, 5) is 12.3. The predicted octanol–water partition coefficient (Wildman–Crippen LogP) is 4.03. The Balaban J connectivity index is 1.50. The number of aryl methyl sites for hydroxylation is 1. The first-order valence-electron chi connectivity index (χ1n) is 10.6. The standard InChI is InChI=1S/C23H29ClN2O4S/c1-18(10-11-19-8-4-2-5-9-19)25-23(27)17-30-22-13-12-20(16-21(22)24)31(28,29)26-14-6-3-7-15-26/h2,4-5,8-9,12-13,16,18H,3,6-7,10-11,14-15,17H2,1H3,(H,25,27)/t18-/m1/s1. The topological polar surface area (TPSA) is 75.7 Å². The highest BCUT2D eigenvalue weighted by Gasteiger charge is 2.26. The summed E-state index contributed by atoms with van der Waals surface area (Å²) in [6.07, 6.45) is 4.48. The predicted molar refractivity (Wildman–Crippen MR) is 122 cm³/mol. The van der Waals surface area contributed by atoms with E-state index in [1.807, 2.05) is 25.1 Å². The van der Waals surface area contributed by atoms with Gasteiger partial charge in [0.05, 0.1) is 9.92 Å². The van der Waals surface area contributed by atoms with Crippen molar-refractivity contribution in [2.24, 2.45) is 0 Å². The van der Waals surface area contributed by atoms with Crippen LogP contribution in [0.4, 0.5) is 0 Å². The lowest BCUT2D eigenvalue weighted by Gasteiger charge is -2.26. The number of ether oxygens (including phenoxy) is 1. The van der Waals surface area contributed by atoms with E-state index in [2.05, 4.69) is 17.4 Å². The molecule has 3 rings (SSSR count). The number of hydrogen-bond acceptors (Lipinski definition) is 4. The second-order valence-electron chi connectivity index (χ2n) is 7.84. The van der Waals surface area contributed by atoms with Crippen molar-refractivity contribution in [2.45, 2.75) is 50.0 Å². The van der Waals surface area contributed by atoms with Crippen molar-refractivity contribution < 1.29 is 17.9 Å². The Morgan fingerprint density at radius 3 is 2.52 bits per heavy atom. The van der Waals surface area contributed by atoms with E-state index in [1.165, 1.54) is 28.1 Å². The molecule has 0 unspecified atom stereocenters. The van der Waals surface area contributed by atoms with E-state index >= 15 is 0 Å². The molecule has 8 heteroatoms. The van der Waals surface area contributed by atoms with Crippen LogP contribution in [0.3, 0.4) is 0 Å². The minimum absolute atomic E-state index is 0.00356. The van der Waals surface area contributed by atoms with Crippen LogP contribution in [-0.2, 0) is 21.2 Å². The number of carbonyl (C=O) groups is 1. The third kappa shape index (κ3) is 6.69. The minimum atomic E-state index is -3.56. The number of nitrogens with zero attached hydrogens (tertiary/aromatic N) is 1. The number of piperidine rings is 1. The lowest BCUT2D eigenvalue weighted by molar-refractivity contribution is -0.123. The van der Waals surface area contributed by atoms with Crippen molar-refractivity contribution in [3.05, 3.63) is 59.1 Å². The second-order valence-corrected chi connectivity index (χ2v) is 10.2. The fourth-order valence-electron chi connectivity index (χ4n) is 3.57.